The lowest BCUT2D eigenvalue weighted by molar-refractivity contribution is 0.0602. The molecule has 2 rings (SSSR count). The highest BCUT2D eigenvalue weighted by Gasteiger charge is 2.10. The van der Waals surface area contributed by atoms with E-state index >= 15 is 0 Å². The first-order valence-corrected chi connectivity index (χ1v) is 7.86. The standard InChI is InChI=1S/C17H17Cl2NO3/c1-22-17(21)13-5-2-3-6-15(13)20-9-4-10-23-16-11-12(18)7-8-14(16)19/h2-3,5-8,11,20H,4,9-10H2,1H3. The van der Waals surface area contributed by atoms with Gasteiger partial charge in [0.2, 0.25) is 0 Å². The first-order chi connectivity index (χ1) is 11.1. The molecular weight excluding hydrogens is 337 g/mol. The van der Waals surface area contributed by atoms with Crippen molar-refractivity contribution in [3.8, 4) is 5.75 Å². The molecular formula is C17H17Cl2NO3. The molecule has 0 unspecified atom stereocenters. The first kappa shape index (κ1) is 17.4. The van der Waals surface area contributed by atoms with Crippen molar-refractivity contribution in [1.82, 2.24) is 0 Å². The molecule has 0 spiro atoms. The predicted octanol–water partition coefficient (Wildman–Crippen LogP) is 4.66. The van der Waals surface area contributed by atoms with Crippen LogP contribution < -0.4 is 10.1 Å². The Hall–Kier alpha value is -1.91. The second-order valence-corrected chi connectivity index (χ2v) is 5.58. The number of carbonyl (C=O) groups is 1. The first-order valence-electron chi connectivity index (χ1n) is 7.11. The average Bonchev–Trinajstić information content (AvgIpc) is 2.57. The zero-order valence-electron chi connectivity index (χ0n) is 12.6. The minimum atomic E-state index is -0.366. The summed E-state index contributed by atoms with van der Waals surface area (Å²) in [4.78, 5) is 11.7. The summed E-state index contributed by atoms with van der Waals surface area (Å²) >= 11 is 11.9. The molecule has 4 nitrogen and oxygen atoms in total. The number of methoxy groups -OCH3 is 1. The normalized spacial score (nSPS) is 10.2. The zero-order chi connectivity index (χ0) is 16.7. The van der Waals surface area contributed by atoms with Crippen molar-refractivity contribution < 1.29 is 14.3 Å². The predicted molar refractivity (Wildman–Crippen MR) is 92.8 cm³/mol. The van der Waals surface area contributed by atoms with Crippen LogP contribution in [0.1, 0.15) is 16.8 Å². The Kier molecular flexibility index (Phi) is 6.56. The highest BCUT2D eigenvalue weighted by molar-refractivity contribution is 6.34. The maximum absolute atomic E-state index is 11.7. The fourth-order valence-electron chi connectivity index (χ4n) is 1.99. The number of carbonyl (C=O) groups excluding carboxylic acids is 1. The Morgan fingerprint density at radius 1 is 1.17 bits per heavy atom. The number of anilines is 1. The van der Waals surface area contributed by atoms with Crippen molar-refractivity contribution in [1.29, 1.82) is 0 Å². The molecule has 0 radical (unpaired) electrons. The topological polar surface area (TPSA) is 47.6 Å². The Bertz CT molecular complexity index is 677. The SMILES string of the molecule is COC(=O)c1ccccc1NCCCOc1cc(Cl)ccc1Cl. The summed E-state index contributed by atoms with van der Waals surface area (Å²) in [5.41, 5.74) is 1.24. The Balaban J connectivity index is 1.82. The third-order valence-electron chi connectivity index (χ3n) is 3.12. The molecule has 6 heteroatoms. The third kappa shape index (κ3) is 5.05. The largest absolute Gasteiger partial charge is 0.492 e. The monoisotopic (exact) mass is 353 g/mol. The molecule has 2 aromatic rings. The molecule has 23 heavy (non-hydrogen) atoms. The van der Waals surface area contributed by atoms with Gasteiger partial charge < -0.3 is 14.8 Å². The van der Waals surface area contributed by atoms with Crippen molar-refractivity contribution in [3.63, 3.8) is 0 Å². The van der Waals surface area contributed by atoms with Crippen LogP contribution in [0.2, 0.25) is 10.0 Å². The van der Waals surface area contributed by atoms with Gasteiger partial charge in [-0.1, -0.05) is 35.3 Å². The number of halogens is 2. The van der Waals surface area contributed by atoms with Gasteiger partial charge in [-0.3, -0.25) is 0 Å². The lowest BCUT2D eigenvalue weighted by atomic mass is 10.2. The van der Waals surface area contributed by atoms with Crippen LogP contribution in [-0.4, -0.2) is 26.2 Å². The quantitative estimate of drug-likeness (QED) is 0.580. The van der Waals surface area contributed by atoms with E-state index in [9.17, 15) is 4.79 Å². The highest BCUT2D eigenvalue weighted by atomic mass is 35.5. The van der Waals surface area contributed by atoms with Gasteiger partial charge in [-0.15, -0.1) is 0 Å². The molecule has 0 fully saturated rings. The molecule has 0 aliphatic carbocycles. The Labute approximate surface area is 145 Å². The molecule has 0 bridgehead atoms. The van der Waals surface area contributed by atoms with E-state index in [0.29, 0.717) is 34.5 Å². The molecule has 0 saturated carbocycles. The van der Waals surface area contributed by atoms with E-state index in [1.807, 2.05) is 12.1 Å². The minimum absolute atomic E-state index is 0.366. The Morgan fingerprint density at radius 2 is 1.96 bits per heavy atom. The van der Waals surface area contributed by atoms with E-state index in [-0.39, 0.29) is 5.97 Å². The molecule has 0 aliphatic heterocycles. The summed E-state index contributed by atoms with van der Waals surface area (Å²) in [6, 6.07) is 12.3. The van der Waals surface area contributed by atoms with Gasteiger partial charge in [0, 0.05) is 23.3 Å². The summed E-state index contributed by atoms with van der Waals surface area (Å²) in [6.45, 7) is 1.12. The van der Waals surface area contributed by atoms with Crippen LogP contribution in [0.5, 0.6) is 5.75 Å². The van der Waals surface area contributed by atoms with Gasteiger partial charge in [-0.05, 0) is 30.7 Å². The van der Waals surface area contributed by atoms with Crippen molar-refractivity contribution in [2.24, 2.45) is 0 Å². The highest BCUT2D eigenvalue weighted by Crippen LogP contribution is 2.27. The van der Waals surface area contributed by atoms with Crippen molar-refractivity contribution >= 4 is 34.9 Å². The molecule has 0 saturated heterocycles. The smallest absolute Gasteiger partial charge is 0.339 e. The lowest BCUT2D eigenvalue weighted by Crippen LogP contribution is -2.11. The summed E-state index contributed by atoms with van der Waals surface area (Å²) < 4.78 is 10.4. The fraction of sp³-hybridized carbons (Fsp3) is 0.235. The summed E-state index contributed by atoms with van der Waals surface area (Å²) in [6.07, 6.45) is 0.734. The second kappa shape index (κ2) is 8.65. The number of ether oxygens (including phenoxy) is 2. The van der Waals surface area contributed by atoms with Crippen LogP contribution in [0.25, 0.3) is 0 Å². The van der Waals surface area contributed by atoms with Crippen LogP contribution in [0.4, 0.5) is 5.69 Å². The van der Waals surface area contributed by atoms with E-state index in [1.165, 1.54) is 7.11 Å². The fourth-order valence-corrected chi connectivity index (χ4v) is 2.32. The van der Waals surface area contributed by atoms with Gasteiger partial charge in [0.25, 0.3) is 0 Å². The van der Waals surface area contributed by atoms with Crippen LogP contribution in [0, 0.1) is 0 Å². The van der Waals surface area contributed by atoms with E-state index in [0.717, 1.165) is 12.1 Å². The van der Waals surface area contributed by atoms with Gasteiger partial charge in [0.15, 0.2) is 0 Å². The number of para-hydroxylation sites is 1. The van der Waals surface area contributed by atoms with Crippen molar-refractivity contribution in [2.45, 2.75) is 6.42 Å². The molecule has 0 aliphatic rings. The van der Waals surface area contributed by atoms with E-state index in [2.05, 4.69) is 5.32 Å². The number of esters is 1. The van der Waals surface area contributed by atoms with Gasteiger partial charge >= 0.3 is 5.97 Å². The van der Waals surface area contributed by atoms with E-state index in [4.69, 9.17) is 32.7 Å². The Morgan fingerprint density at radius 3 is 2.74 bits per heavy atom. The molecule has 2 aromatic carbocycles. The number of hydrogen-bond acceptors (Lipinski definition) is 4. The van der Waals surface area contributed by atoms with Gasteiger partial charge in [-0.25, -0.2) is 4.79 Å². The maximum atomic E-state index is 11.7. The molecule has 0 aromatic heterocycles. The van der Waals surface area contributed by atoms with Gasteiger partial charge in [-0.2, -0.15) is 0 Å². The summed E-state index contributed by atoms with van der Waals surface area (Å²) in [5, 5.41) is 4.31. The number of rotatable bonds is 7. The molecule has 122 valence electrons. The maximum Gasteiger partial charge on any atom is 0.339 e. The van der Waals surface area contributed by atoms with E-state index in [1.54, 1.807) is 30.3 Å². The molecule has 1 N–H and O–H groups in total. The van der Waals surface area contributed by atoms with Crippen LogP contribution >= 0.6 is 23.2 Å². The van der Waals surface area contributed by atoms with Crippen molar-refractivity contribution in [3.05, 3.63) is 58.1 Å². The molecule has 0 amide bonds. The minimum Gasteiger partial charge on any atom is -0.492 e. The van der Waals surface area contributed by atoms with Crippen LogP contribution in [-0.2, 0) is 4.74 Å². The summed E-state index contributed by atoms with van der Waals surface area (Å²) in [7, 11) is 1.36. The zero-order valence-corrected chi connectivity index (χ0v) is 14.2. The van der Waals surface area contributed by atoms with Crippen molar-refractivity contribution in [2.75, 3.05) is 25.6 Å². The average molecular weight is 354 g/mol. The van der Waals surface area contributed by atoms with Crippen LogP contribution in [0.15, 0.2) is 42.5 Å². The second-order valence-electron chi connectivity index (χ2n) is 4.74. The number of hydrogen-bond donors (Lipinski definition) is 1. The third-order valence-corrected chi connectivity index (χ3v) is 3.67. The number of nitrogens with one attached hydrogen (secondary N) is 1. The lowest BCUT2D eigenvalue weighted by Gasteiger charge is -2.11. The summed E-state index contributed by atoms with van der Waals surface area (Å²) in [5.74, 6) is 0.198. The van der Waals surface area contributed by atoms with Gasteiger partial charge in [0.05, 0.1) is 24.3 Å². The molecule has 0 atom stereocenters. The van der Waals surface area contributed by atoms with Gasteiger partial charge in [0.1, 0.15) is 5.75 Å². The molecule has 0 heterocycles. The van der Waals surface area contributed by atoms with Crippen LogP contribution in [0.3, 0.4) is 0 Å². The van der Waals surface area contributed by atoms with E-state index < -0.39 is 0 Å². The number of benzene rings is 2.